The number of H-pyrrole nitrogens is 1. The Bertz CT molecular complexity index is 445. The van der Waals surface area contributed by atoms with Crippen LogP contribution in [0.2, 0.25) is 0 Å². The Morgan fingerprint density at radius 1 is 1.40 bits per heavy atom. The van der Waals surface area contributed by atoms with Gasteiger partial charge >= 0.3 is 0 Å². The van der Waals surface area contributed by atoms with Crippen LogP contribution in [0.5, 0.6) is 0 Å². The summed E-state index contributed by atoms with van der Waals surface area (Å²) in [4.78, 5) is 10.6. The van der Waals surface area contributed by atoms with Crippen LogP contribution in [0.1, 0.15) is 16.5 Å². The summed E-state index contributed by atoms with van der Waals surface area (Å²) in [5.41, 5.74) is 1.06. The highest BCUT2D eigenvalue weighted by Gasteiger charge is 2.07. The molecular weight excluding hydrogens is 210 g/mol. The van der Waals surface area contributed by atoms with E-state index in [1.54, 1.807) is 11.3 Å². The molecule has 0 aliphatic rings. The number of thiazole rings is 1. The van der Waals surface area contributed by atoms with Crippen molar-refractivity contribution in [2.24, 2.45) is 0 Å². The summed E-state index contributed by atoms with van der Waals surface area (Å²) in [5.74, 6) is 1.56. The van der Waals surface area contributed by atoms with E-state index in [-0.39, 0.29) is 0 Å². The lowest BCUT2D eigenvalue weighted by Crippen LogP contribution is -2.10. The van der Waals surface area contributed by atoms with Gasteiger partial charge in [0.25, 0.3) is 0 Å². The minimum atomic E-state index is 0.707. The predicted octanol–water partition coefficient (Wildman–Crippen LogP) is 1.23. The van der Waals surface area contributed by atoms with Gasteiger partial charge in [-0.25, -0.2) is 4.98 Å². The van der Waals surface area contributed by atoms with Gasteiger partial charge in [0, 0.05) is 25.2 Å². The summed E-state index contributed by atoms with van der Waals surface area (Å²) in [5, 5.41) is 10.1. The van der Waals surface area contributed by atoms with Gasteiger partial charge in [-0.1, -0.05) is 0 Å². The first-order chi connectivity index (χ1) is 7.15. The molecule has 0 aliphatic heterocycles. The van der Waals surface area contributed by atoms with Gasteiger partial charge in [-0.05, 0) is 6.92 Å². The summed E-state index contributed by atoms with van der Waals surface area (Å²) < 4.78 is 0. The fourth-order valence-electron chi connectivity index (χ4n) is 1.19. The lowest BCUT2D eigenvalue weighted by molar-refractivity contribution is 0.955. The zero-order valence-electron chi connectivity index (χ0n) is 8.98. The number of hydrogen-bond acceptors (Lipinski definition) is 5. The topological polar surface area (TPSA) is 57.7 Å². The van der Waals surface area contributed by atoms with Crippen LogP contribution in [0.15, 0.2) is 5.38 Å². The maximum atomic E-state index is 4.38. The zero-order chi connectivity index (χ0) is 10.8. The molecule has 0 fully saturated rings. The van der Waals surface area contributed by atoms with Crippen molar-refractivity contribution in [3.05, 3.63) is 21.9 Å². The van der Waals surface area contributed by atoms with Gasteiger partial charge in [0.05, 0.1) is 6.42 Å². The number of aryl methyl sites for hydroxylation is 1. The normalized spacial score (nSPS) is 10.6. The van der Waals surface area contributed by atoms with Crippen molar-refractivity contribution < 1.29 is 0 Å². The molecule has 80 valence electrons. The fraction of sp³-hybridized carbons (Fsp3) is 0.444. The van der Waals surface area contributed by atoms with Crippen LogP contribution >= 0.6 is 11.3 Å². The molecular formula is C9H13N5S. The van der Waals surface area contributed by atoms with Gasteiger partial charge in [0.1, 0.15) is 10.8 Å². The molecule has 5 nitrogen and oxygen atoms in total. The standard InChI is InChI=1S/C9H13N5S/c1-6-5-15-8(10-6)4-7-11-9(13-12-7)14(2)3/h5H,4H2,1-3H3,(H,11,12,13). The Balaban J connectivity index is 2.11. The van der Waals surface area contributed by atoms with Gasteiger partial charge in [0.2, 0.25) is 5.95 Å². The quantitative estimate of drug-likeness (QED) is 0.850. The second-order valence-corrected chi connectivity index (χ2v) is 4.48. The molecule has 0 spiro atoms. The number of aromatic nitrogens is 4. The van der Waals surface area contributed by atoms with Gasteiger partial charge in [-0.3, -0.25) is 5.10 Å². The molecule has 2 aromatic heterocycles. The Kier molecular flexibility index (Phi) is 2.68. The molecule has 1 N–H and O–H groups in total. The highest BCUT2D eigenvalue weighted by molar-refractivity contribution is 7.09. The summed E-state index contributed by atoms with van der Waals surface area (Å²) in [7, 11) is 3.83. The van der Waals surface area contributed by atoms with Gasteiger partial charge in [0.15, 0.2) is 0 Å². The second kappa shape index (κ2) is 3.98. The molecule has 15 heavy (non-hydrogen) atoms. The average Bonchev–Trinajstić information content (AvgIpc) is 2.76. The van der Waals surface area contributed by atoms with Crippen LogP contribution < -0.4 is 4.90 Å². The molecule has 0 amide bonds. The SMILES string of the molecule is Cc1csc(Cc2nc(N(C)C)n[nH]2)n1. The van der Waals surface area contributed by atoms with Crippen molar-refractivity contribution in [1.29, 1.82) is 0 Å². The van der Waals surface area contributed by atoms with Crippen LogP contribution in [0, 0.1) is 6.92 Å². The maximum Gasteiger partial charge on any atom is 0.244 e. The van der Waals surface area contributed by atoms with E-state index in [1.165, 1.54) is 0 Å². The van der Waals surface area contributed by atoms with Crippen molar-refractivity contribution in [2.75, 3.05) is 19.0 Å². The van der Waals surface area contributed by atoms with Crippen molar-refractivity contribution in [2.45, 2.75) is 13.3 Å². The number of rotatable bonds is 3. The van der Waals surface area contributed by atoms with E-state index in [2.05, 4.69) is 20.2 Å². The Morgan fingerprint density at radius 3 is 2.73 bits per heavy atom. The fourth-order valence-corrected chi connectivity index (χ4v) is 1.97. The third kappa shape index (κ3) is 2.33. The van der Waals surface area contributed by atoms with E-state index >= 15 is 0 Å². The molecule has 0 atom stereocenters. The molecule has 2 aromatic rings. The third-order valence-corrected chi connectivity index (χ3v) is 2.87. The summed E-state index contributed by atoms with van der Waals surface area (Å²) >= 11 is 1.65. The van der Waals surface area contributed by atoms with E-state index in [9.17, 15) is 0 Å². The molecule has 0 radical (unpaired) electrons. The molecule has 0 aliphatic carbocycles. The van der Waals surface area contributed by atoms with E-state index < -0.39 is 0 Å². The van der Waals surface area contributed by atoms with E-state index in [1.807, 2.05) is 31.3 Å². The predicted molar refractivity (Wildman–Crippen MR) is 60.4 cm³/mol. The van der Waals surface area contributed by atoms with Crippen LogP contribution in [0.25, 0.3) is 0 Å². The zero-order valence-corrected chi connectivity index (χ0v) is 9.80. The number of hydrogen-bond donors (Lipinski definition) is 1. The van der Waals surface area contributed by atoms with Gasteiger partial charge in [-0.15, -0.1) is 16.4 Å². The largest absolute Gasteiger partial charge is 0.346 e. The first kappa shape index (κ1) is 10.1. The summed E-state index contributed by atoms with van der Waals surface area (Å²) in [6, 6.07) is 0. The van der Waals surface area contributed by atoms with Crippen molar-refractivity contribution in [1.82, 2.24) is 20.2 Å². The number of aromatic amines is 1. The minimum absolute atomic E-state index is 0.707. The monoisotopic (exact) mass is 223 g/mol. The molecule has 0 unspecified atom stereocenters. The molecule has 2 heterocycles. The van der Waals surface area contributed by atoms with Crippen molar-refractivity contribution >= 4 is 17.3 Å². The van der Waals surface area contributed by atoms with E-state index in [0.29, 0.717) is 5.95 Å². The van der Waals surface area contributed by atoms with Crippen LogP contribution in [-0.2, 0) is 6.42 Å². The molecule has 0 aromatic carbocycles. The second-order valence-electron chi connectivity index (χ2n) is 3.54. The number of nitrogens with zero attached hydrogens (tertiary/aromatic N) is 4. The van der Waals surface area contributed by atoms with Crippen LogP contribution in [0.3, 0.4) is 0 Å². The first-order valence-corrected chi connectivity index (χ1v) is 5.52. The first-order valence-electron chi connectivity index (χ1n) is 4.65. The smallest absolute Gasteiger partial charge is 0.244 e. The van der Waals surface area contributed by atoms with Crippen molar-refractivity contribution in [3.8, 4) is 0 Å². The number of nitrogens with one attached hydrogen (secondary N) is 1. The van der Waals surface area contributed by atoms with Crippen LogP contribution in [-0.4, -0.2) is 34.3 Å². The van der Waals surface area contributed by atoms with Crippen molar-refractivity contribution in [3.63, 3.8) is 0 Å². The van der Waals surface area contributed by atoms with Gasteiger partial charge in [-0.2, -0.15) is 4.98 Å². The Hall–Kier alpha value is -1.43. The average molecular weight is 223 g/mol. The molecule has 0 bridgehead atoms. The molecule has 2 rings (SSSR count). The van der Waals surface area contributed by atoms with E-state index in [4.69, 9.17) is 0 Å². The summed E-state index contributed by atoms with van der Waals surface area (Å²) in [6.45, 7) is 1.99. The lowest BCUT2D eigenvalue weighted by atomic mass is 10.4. The summed E-state index contributed by atoms with van der Waals surface area (Å²) in [6.07, 6.45) is 0.722. The Labute approximate surface area is 92.2 Å². The molecule has 6 heteroatoms. The lowest BCUT2D eigenvalue weighted by Gasteiger charge is -2.03. The maximum absolute atomic E-state index is 4.38. The highest BCUT2D eigenvalue weighted by Crippen LogP contribution is 2.13. The highest BCUT2D eigenvalue weighted by atomic mass is 32.1. The molecule has 0 saturated carbocycles. The van der Waals surface area contributed by atoms with Gasteiger partial charge < -0.3 is 4.90 Å². The van der Waals surface area contributed by atoms with Crippen LogP contribution in [0.4, 0.5) is 5.95 Å². The number of anilines is 1. The molecule has 0 saturated heterocycles. The minimum Gasteiger partial charge on any atom is -0.346 e. The third-order valence-electron chi connectivity index (χ3n) is 1.91. The Morgan fingerprint density at radius 2 is 2.20 bits per heavy atom. The van der Waals surface area contributed by atoms with E-state index in [0.717, 1.165) is 22.9 Å².